The minimum atomic E-state index is -3.62. The average molecular weight is 360 g/mol. The Bertz CT molecular complexity index is 892. The summed E-state index contributed by atoms with van der Waals surface area (Å²) < 4.78 is 32.7. The molecular weight excluding hydrogens is 340 g/mol. The second-order valence-electron chi connectivity index (χ2n) is 5.88. The number of ether oxygens (including phenoxy) is 1. The number of hydrogen-bond acceptors (Lipinski definition) is 4. The predicted octanol–water partition coefficient (Wildman–Crippen LogP) is 2.08. The van der Waals surface area contributed by atoms with Crippen LogP contribution in [0.4, 0.5) is 5.69 Å². The molecule has 0 bridgehead atoms. The van der Waals surface area contributed by atoms with Gasteiger partial charge in [0.2, 0.25) is 15.9 Å². The van der Waals surface area contributed by atoms with Gasteiger partial charge in [0.25, 0.3) is 0 Å². The number of nitrogens with zero attached hydrogens (tertiary/aromatic N) is 1. The topological polar surface area (TPSA) is 75.7 Å². The summed E-state index contributed by atoms with van der Waals surface area (Å²) in [6.45, 7) is 2.30. The lowest BCUT2D eigenvalue weighted by Gasteiger charge is -2.15. The highest BCUT2D eigenvalue weighted by atomic mass is 32.2. The van der Waals surface area contributed by atoms with Gasteiger partial charge in [0.1, 0.15) is 5.75 Å². The van der Waals surface area contributed by atoms with Crippen molar-refractivity contribution in [3.63, 3.8) is 0 Å². The van der Waals surface area contributed by atoms with Gasteiger partial charge in [0.15, 0.2) is 0 Å². The summed E-state index contributed by atoms with van der Waals surface area (Å²) in [6.07, 6.45) is 0.663. The van der Waals surface area contributed by atoms with Crippen molar-refractivity contribution in [2.45, 2.75) is 24.8 Å². The summed E-state index contributed by atoms with van der Waals surface area (Å²) in [5.41, 5.74) is 2.51. The van der Waals surface area contributed by atoms with Gasteiger partial charge in [-0.05, 0) is 47.9 Å². The molecule has 6 nitrogen and oxygen atoms in total. The summed E-state index contributed by atoms with van der Waals surface area (Å²) in [5.74, 6) is 0.687. The van der Waals surface area contributed by atoms with Gasteiger partial charge >= 0.3 is 0 Å². The lowest BCUT2D eigenvalue weighted by molar-refractivity contribution is -0.116. The van der Waals surface area contributed by atoms with Gasteiger partial charge in [-0.25, -0.2) is 13.1 Å². The third-order valence-electron chi connectivity index (χ3n) is 4.26. The number of benzene rings is 2. The molecule has 7 heteroatoms. The largest absolute Gasteiger partial charge is 0.497 e. The van der Waals surface area contributed by atoms with E-state index in [2.05, 4.69) is 4.72 Å². The number of nitrogens with one attached hydrogen (secondary N) is 1. The maximum absolute atomic E-state index is 12.5. The smallest absolute Gasteiger partial charge is 0.240 e. The average Bonchev–Trinajstić information content (AvgIpc) is 3.04. The van der Waals surface area contributed by atoms with Gasteiger partial charge in [-0.15, -0.1) is 0 Å². The SMILES string of the molecule is COc1ccc(CNS(=O)(=O)c2ccc3c(c2)CCN3C(C)=O)cc1. The lowest BCUT2D eigenvalue weighted by Crippen LogP contribution is -2.26. The fourth-order valence-electron chi connectivity index (χ4n) is 2.88. The van der Waals surface area contributed by atoms with Crippen LogP contribution in [0, 0.1) is 0 Å². The van der Waals surface area contributed by atoms with E-state index in [0.717, 1.165) is 22.6 Å². The standard InChI is InChI=1S/C18H20N2O4S/c1-13(21)20-10-9-15-11-17(7-8-18(15)20)25(22,23)19-12-14-3-5-16(24-2)6-4-14/h3-8,11,19H,9-10,12H2,1-2H3. The van der Waals surface area contributed by atoms with E-state index in [4.69, 9.17) is 4.74 Å². The number of sulfonamides is 1. The summed E-state index contributed by atoms with van der Waals surface area (Å²) in [4.78, 5) is 13.5. The number of rotatable bonds is 5. The molecule has 3 rings (SSSR count). The Labute approximate surface area is 147 Å². The molecule has 0 atom stereocenters. The molecule has 0 unspecified atom stereocenters. The van der Waals surface area contributed by atoms with E-state index in [-0.39, 0.29) is 17.3 Å². The normalized spacial score (nSPS) is 13.6. The molecule has 1 heterocycles. The van der Waals surface area contributed by atoms with Crippen LogP contribution in [0.2, 0.25) is 0 Å². The third kappa shape index (κ3) is 3.67. The highest BCUT2D eigenvalue weighted by Gasteiger charge is 2.24. The molecule has 0 saturated heterocycles. The van der Waals surface area contributed by atoms with Crippen molar-refractivity contribution >= 4 is 21.6 Å². The van der Waals surface area contributed by atoms with Crippen LogP contribution in [-0.4, -0.2) is 28.0 Å². The number of hydrogen-bond donors (Lipinski definition) is 1. The Balaban J connectivity index is 1.75. The van der Waals surface area contributed by atoms with Crippen LogP contribution >= 0.6 is 0 Å². The molecule has 132 valence electrons. The summed E-state index contributed by atoms with van der Waals surface area (Å²) in [7, 11) is -2.04. The van der Waals surface area contributed by atoms with Crippen LogP contribution in [0.15, 0.2) is 47.4 Å². The van der Waals surface area contributed by atoms with E-state index in [0.29, 0.717) is 13.0 Å². The molecule has 0 saturated carbocycles. The third-order valence-corrected chi connectivity index (χ3v) is 5.66. The minimum Gasteiger partial charge on any atom is -0.497 e. The number of methoxy groups -OCH3 is 1. The zero-order valence-electron chi connectivity index (χ0n) is 14.2. The van der Waals surface area contributed by atoms with Crippen molar-refractivity contribution < 1.29 is 17.9 Å². The van der Waals surface area contributed by atoms with Crippen molar-refractivity contribution in [3.8, 4) is 5.75 Å². The van der Waals surface area contributed by atoms with Crippen molar-refractivity contribution in [2.75, 3.05) is 18.6 Å². The van der Waals surface area contributed by atoms with Gasteiger partial charge in [-0.3, -0.25) is 4.79 Å². The zero-order valence-corrected chi connectivity index (χ0v) is 15.0. The van der Waals surface area contributed by atoms with Gasteiger partial charge in [0, 0.05) is 25.7 Å². The van der Waals surface area contributed by atoms with E-state index in [1.807, 2.05) is 12.1 Å². The molecule has 0 aromatic heterocycles. The molecule has 2 aromatic carbocycles. The Morgan fingerprint density at radius 3 is 2.56 bits per heavy atom. The molecular formula is C18H20N2O4S. The highest BCUT2D eigenvalue weighted by molar-refractivity contribution is 7.89. The molecule has 25 heavy (non-hydrogen) atoms. The van der Waals surface area contributed by atoms with Crippen LogP contribution in [0.3, 0.4) is 0 Å². The maximum atomic E-state index is 12.5. The van der Waals surface area contributed by atoms with Crippen molar-refractivity contribution in [3.05, 3.63) is 53.6 Å². The molecule has 1 aliphatic rings. The Hall–Kier alpha value is -2.38. The Kier molecular flexibility index (Phi) is 4.78. The molecule has 0 spiro atoms. The Morgan fingerprint density at radius 2 is 1.92 bits per heavy atom. The first kappa shape index (κ1) is 17.4. The first-order chi connectivity index (χ1) is 11.9. The van der Waals surface area contributed by atoms with Crippen LogP contribution in [0.1, 0.15) is 18.1 Å². The van der Waals surface area contributed by atoms with Gasteiger partial charge in [-0.1, -0.05) is 12.1 Å². The van der Waals surface area contributed by atoms with Crippen LogP contribution in [0.5, 0.6) is 5.75 Å². The maximum Gasteiger partial charge on any atom is 0.240 e. The van der Waals surface area contributed by atoms with Crippen LogP contribution in [-0.2, 0) is 27.8 Å². The van der Waals surface area contributed by atoms with E-state index >= 15 is 0 Å². The van der Waals surface area contributed by atoms with Crippen LogP contribution in [0.25, 0.3) is 0 Å². The second kappa shape index (κ2) is 6.85. The second-order valence-corrected chi connectivity index (χ2v) is 7.65. The highest BCUT2D eigenvalue weighted by Crippen LogP contribution is 2.30. The molecule has 0 aliphatic carbocycles. The van der Waals surface area contributed by atoms with E-state index in [1.165, 1.54) is 13.0 Å². The van der Waals surface area contributed by atoms with Gasteiger partial charge < -0.3 is 9.64 Å². The van der Waals surface area contributed by atoms with Gasteiger partial charge in [0.05, 0.1) is 12.0 Å². The molecule has 1 aliphatic heterocycles. The van der Waals surface area contributed by atoms with Gasteiger partial charge in [-0.2, -0.15) is 0 Å². The van der Waals surface area contributed by atoms with E-state index < -0.39 is 10.0 Å². The zero-order chi connectivity index (χ0) is 18.0. The van der Waals surface area contributed by atoms with E-state index in [9.17, 15) is 13.2 Å². The molecule has 2 aromatic rings. The molecule has 0 radical (unpaired) electrons. The summed E-state index contributed by atoms with van der Waals surface area (Å²) in [6, 6.07) is 12.1. The van der Waals surface area contributed by atoms with Crippen molar-refractivity contribution in [1.29, 1.82) is 0 Å². The molecule has 0 fully saturated rings. The molecule has 1 amide bonds. The number of carbonyl (C=O) groups excluding carboxylic acids is 1. The number of amides is 1. The number of anilines is 1. The minimum absolute atomic E-state index is 0.0352. The van der Waals surface area contributed by atoms with Crippen molar-refractivity contribution in [1.82, 2.24) is 4.72 Å². The fourth-order valence-corrected chi connectivity index (χ4v) is 3.95. The van der Waals surface area contributed by atoms with E-state index in [1.54, 1.807) is 36.3 Å². The van der Waals surface area contributed by atoms with Crippen molar-refractivity contribution in [2.24, 2.45) is 0 Å². The number of fused-ring (bicyclic) bond motifs is 1. The number of carbonyl (C=O) groups is 1. The summed E-state index contributed by atoms with van der Waals surface area (Å²) >= 11 is 0. The first-order valence-corrected chi connectivity index (χ1v) is 9.42. The van der Waals surface area contributed by atoms with Crippen LogP contribution < -0.4 is 14.4 Å². The lowest BCUT2D eigenvalue weighted by atomic mass is 10.2. The molecule has 1 N–H and O–H groups in total. The summed E-state index contributed by atoms with van der Waals surface area (Å²) in [5, 5.41) is 0. The predicted molar refractivity (Wildman–Crippen MR) is 95.2 cm³/mol. The fraction of sp³-hybridized carbons (Fsp3) is 0.278. The first-order valence-electron chi connectivity index (χ1n) is 7.94. The Morgan fingerprint density at radius 1 is 1.20 bits per heavy atom. The quantitative estimate of drug-likeness (QED) is 0.886. The monoisotopic (exact) mass is 360 g/mol.